The number of carbonyl (C=O) groups is 1. The Bertz CT molecular complexity index is 467. The lowest BCUT2D eigenvalue weighted by atomic mass is 10.3. The Morgan fingerprint density at radius 1 is 1.43 bits per heavy atom. The number of rotatable bonds is 2. The minimum atomic E-state index is 0.396. The quantitative estimate of drug-likeness (QED) is 0.705. The van der Waals surface area contributed by atoms with Crippen molar-refractivity contribution in [2.45, 2.75) is 0 Å². The van der Waals surface area contributed by atoms with Gasteiger partial charge in [-0.3, -0.25) is 4.79 Å². The molecule has 14 heavy (non-hydrogen) atoms. The molecule has 0 amide bonds. The van der Waals surface area contributed by atoms with E-state index in [2.05, 4.69) is 10.3 Å². The first kappa shape index (κ1) is 8.90. The monoisotopic (exact) mass is 207 g/mol. The Kier molecular flexibility index (Phi) is 2.28. The highest BCUT2D eigenvalue weighted by Gasteiger charge is 2.04. The Morgan fingerprint density at radius 3 is 3.00 bits per heavy atom. The summed E-state index contributed by atoms with van der Waals surface area (Å²) < 4.78 is 1.43. The van der Waals surface area contributed by atoms with E-state index in [1.54, 1.807) is 24.3 Å². The third-order valence-corrected chi connectivity index (χ3v) is 1.98. The van der Waals surface area contributed by atoms with Gasteiger partial charge >= 0.3 is 0 Å². The summed E-state index contributed by atoms with van der Waals surface area (Å²) in [7, 11) is 0. The van der Waals surface area contributed by atoms with E-state index >= 15 is 0 Å². The maximum Gasteiger partial charge on any atom is 0.170 e. The van der Waals surface area contributed by atoms with Crippen LogP contribution in [0.3, 0.4) is 0 Å². The van der Waals surface area contributed by atoms with Gasteiger partial charge in [-0.1, -0.05) is 22.9 Å². The fraction of sp³-hybridized carbons (Fsp3) is 0. The van der Waals surface area contributed by atoms with Gasteiger partial charge in [0.25, 0.3) is 0 Å². The van der Waals surface area contributed by atoms with Crippen molar-refractivity contribution in [3.8, 4) is 5.69 Å². The minimum Gasteiger partial charge on any atom is -0.296 e. The van der Waals surface area contributed by atoms with Crippen molar-refractivity contribution in [3.05, 3.63) is 41.2 Å². The van der Waals surface area contributed by atoms with E-state index in [1.165, 1.54) is 10.9 Å². The lowest BCUT2D eigenvalue weighted by Gasteiger charge is -2.01. The lowest BCUT2D eigenvalue weighted by molar-refractivity contribution is 0.111. The van der Waals surface area contributed by atoms with Gasteiger partial charge in [0.2, 0.25) is 0 Å². The molecule has 0 bridgehead atoms. The maximum absolute atomic E-state index is 10.6. The smallest absolute Gasteiger partial charge is 0.170 e. The minimum absolute atomic E-state index is 0.396. The largest absolute Gasteiger partial charge is 0.296 e. The zero-order valence-corrected chi connectivity index (χ0v) is 7.85. The van der Waals surface area contributed by atoms with Crippen LogP contribution in [0.5, 0.6) is 0 Å². The van der Waals surface area contributed by atoms with E-state index in [4.69, 9.17) is 11.6 Å². The SMILES string of the molecule is O=Cc1cnnn1-c1cccc(Cl)c1. The molecule has 1 aromatic heterocycles. The molecule has 2 rings (SSSR count). The molecule has 0 fully saturated rings. The summed E-state index contributed by atoms with van der Waals surface area (Å²) in [5, 5.41) is 8.01. The standard InChI is InChI=1S/C9H6ClN3O/c10-7-2-1-3-8(4-7)13-9(6-14)5-11-12-13/h1-6H. The summed E-state index contributed by atoms with van der Waals surface area (Å²) in [6, 6.07) is 7.05. The molecular weight excluding hydrogens is 202 g/mol. The second-order valence-electron chi connectivity index (χ2n) is 2.67. The summed E-state index contributed by atoms with van der Waals surface area (Å²) >= 11 is 5.81. The molecule has 5 heteroatoms. The fourth-order valence-corrected chi connectivity index (χ4v) is 1.32. The topological polar surface area (TPSA) is 47.8 Å². The van der Waals surface area contributed by atoms with E-state index in [0.29, 0.717) is 17.0 Å². The summed E-state index contributed by atoms with van der Waals surface area (Å²) in [5.74, 6) is 0. The van der Waals surface area contributed by atoms with Crippen LogP contribution in [0.1, 0.15) is 10.5 Å². The predicted octanol–water partition coefficient (Wildman–Crippen LogP) is 1.73. The molecule has 0 aliphatic rings. The van der Waals surface area contributed by atoms with Crippen LogP contribution in [-0.4, -0.2) is 21.3 Å². The maximum atomic E-state index is 10.6. The fourth-order valence-electron chi connectivity index (χ4n) is 1.13. The summed E-state index contributed by atoms with van der Waals surface area (Å²) in [5.41, 5.74) is 1.12. The molecule has 4 nitrogen and oxygen atoms in total. The molecule has 0 aliphatic heterocycles. The first-order valence-corrected chi connectivity index (χ1v) is 4.31. The third kappa shape index (κ3) is 1.52. The highest BCUT2D eigenvalue weighted by Crippen LogP contribution is 2.14. The van der Waals surface area contributed by atoms with Gasteiger partial charge in [-0.2, -0.15) is 0 Å². The van der Waals surface area contributed by atoms with Crippen molar-refractivity contribution in [1.82, 2.24) is 15.0 Å². The van der Waals surface area contributed by atoms with Gasteiger partial charge < -0.3 is 0 Å². The Morgan fingerprint density at radius 2 is 2.29 bits per heavy atom. The second kappa shape index (κ2) is 3.59. The Balaban J connectivity index is 2.54. The summed E-state index contributed by atoms with van der Waals surface area (Å²) in [6.45, 7) is 0. The second-order valence-corrected chi connectivity index (χ2v) is 3.10. The van der Waals surface area contributed by atoms with Crippen molar-refractivity contribution in [3.63, 3.8) is 0 Å². The van der Waals surface area contributed by atoms with Gasteiger partial charge in [-0.15, -0.1) is 5.10 Å². The molecule has 0 unspecified atom stereocenters. The van der Waals surface area contributed by atoms with E-state index < -0.39 is 0 Å². The van der Waals surface area contributed by atoms with Crippen molar-refractivity contribution >= 4 is 17.9 Å². The number of aromatic nitrogens is 3. The molecule has 1 heterocycles. The lowest BCUT2D eigenvalue weighted by Crippen LogP contribution is -2.00. The first-order chi connectivity index (χ1) is 6.81. The van der Waals surface area contributed by atoms with Gasteiger partial charge in [0.05, 0.1) is 11.9 Å². The van der Waals surface area contributed by atoms with Gasteiger partial charge in [-0.05, 0) is 18.2 Å². The van der Waals surface area contributed by atoms with Crippen LogP contribution < -0.4 is 0 Å². The van der Waals surface area contributed by atoms with Crippen molar-refractivity contribution in [1.29, 1.82) is 0 Å². The normalized spacial score (nSPS) is 10.1. The number of hydrogen-bond acceptors (Lipinski definition) is 3. The van der Waals surface area contributed by atoms with Crippen LogP contribution in [0.2, 0.25) is 5.02 Å². The zero-order chi connectivity index (χ0) is 9.97. The van der Waals surface area contributed by atoms with E-state index in [9.17, 15) is 4.79 Å². The molecular formula is C9H6ClN3O. The molecule has 0 spiro atoms. The van der Waals surface area contributed by atoms with Crippen molar-refractivity contribution in [2.75, 3.05) is 0 Å². The average molecular weight is 208 g/mol. The van der Waals surface area contributed by atoms with Gasteiger partial charge in [-0.25, -0.2) is 4.68 Å². The van der Waals surface area contributed by atoms with Crippen LogP contribution in [0.25, 0.3) is 5.69 Å². The third-order valence-electron chi connectivity index (χ3n) is 1.75. The number of halogens is 1. The molecule has 0 N–H and O–H groups in total. The van der Waals surface area contributed by atoms with Crippen LogP contribution in [0.15, 0.2) is 30.5 Å². The predicted molar refractivity (Wildman–Crippen MR) is 51.8 cm³/mol. The summed E-state index contributed by atoms with van der Waals surface area (Å²) in [6.07, 6.45) is 2.09. The van der Waals surface area contributed by atoms with Crippen LogP contribution in [0.4, 0.5) is 0 Å². The van der Waals surface area contributed by atoms with Gasteiger partial charge in [0, 0.05) is 5.02 Å². The zero-order valence-electron chi connectivity index (χ0n) is 7.09. The molecule has 0 saturated heterocycles. The molecule has 70 valence electrons. The first-order valence-electron chi connectivity index (χ1n) is 3.93. The van der Waals surface area contributed by atoms with E-state index in [0.717, 1.165) is 5.69 Å². The molecule has 2 aromatic rings. The number of nitrogens with zero attached hydrogens (tertiary/aromatic N) is 3. The van der Waals surface area contributed by atoms with Crippen molar-refractivity contribution < 1.29 is 4.79 Å². The van der Waals surface area contributed by atoms with E-state index in [-0.39, 0.29) is 0 Å². The molecule has 1 aromatic carbocycles. The average Bonchev–Trinajstić information content (AvgIpc) is 2.65. The highest BCUT2D eigenvalue weighted by atomic mass is 35.5. The molecule has 0 aliphatic carbocycles. The molecule has 0 atom stereocenters. The van der Waals surface area contributed by atoms with Gasteiger partial charge in [0.15, 0.2) is 6.29 Å². The highest BCUT2D eigenvalue weighted by molar-refractivity contribution is 6.30. The Labute approximate surface area is 85.1 Å². The van der Waals surface area contributed by atoms with E-state index in [1.807, 2.05) is 0 Å². The molecule has 0 radical (unpaired) electrons. The number of aldehydes is 1. The van der Waals surface area contributed by atoms with Crippen molar-refractivity contribution in [2.24, 2.45) is 0 Å². The van der Waals surface area contributed by atoms with Crippen LogP contribution in [0, 0.1) is 0 Å². The van der Waals surface area contributed by atoms with Gasteiger partial charge in [0.1, 0.15) is 5.69 Å². The number of hydrogen-bond donors (Lipinski definition) is 0. The molecule has 0 saturated carbocycles. The number of carbonyl (C=O) groups excluding carboxylic acids is 1. The number of benzene rings is 1. The van der Waals surface area contributed by atoms with Crippen LogP contribution in [-0.2, 0) is 0 Å². The van der Waals surface area contributed by atoms with Crippen LogP contribution >= 0.6 is 11.6 Å². The Hall–Kier alpha value is -1.68. The summed E-state index contributed by atoms with van der Waals surface area (Å²) in [4.78, 5) is 10.6.